The van der Waals surface area contributed by atoms with E-state index >= 15 is 0 Å². The molecule has 1 aliphatic rings. The van der Waals surface area contributed by atoms with Crippen molar-refractivity contribution in [2.75, 3.05) is 0 Å². The molecule has 244 valence electrons. The first-order valence-corrected chi connectivity index (χ1v) is 18.0. The number of benzene rings is 10. The van der Waals surface area contributed by atoms with Gasteiger partial charge in [-0.25, -0.2) is 0 Å². The van der Waals surface area contributed by atoms with E-state index in [9.17, 15) is 5.26 Å². The van der Waals surface area contributed by atoms with Gasteiger partial charge in [-0.1, -0.05) is 140 Å². The molecule has 0 bridgehead atoms. The van der Waals surface area contributed by atoms with Gasteiger partial charge in [0, 0.05) is 16.3 Å². The first-order valence-electron chi connectivity index (χ1n) is 18.0. The van der Waals surface area contributed by atoms with Crippen LogP contribution in [0.1, 0.15) is 5.56 Å². The minimum atomic E-state index is 0.660. The molecule has 0 amide bonds. The van der Waals surface area contributed by atoms with Crippen molar-refractivity contribution < 1.29 is 4.74 Å². The molecule has 1 heterocycles. The highest BCUT2D eigenvalue weighted by Gasteiger charge is 2.22. The van der Waals surface area contributed by atoms with Crippen LogP contribution in [0.4, 0.5) is 0 Å². The van der Waals surface area contributed by atoms with Gasteiger partial charge in [-0.15, -0.1) is 0 Å². The van der Waals surface area contributed by atoms with Gasteiger partial charge in [0.25, 0.3) is 0 Å². The molecule has 0 spiro atoms. The Morgan fingerprint density at radius 2 is 0.925 bits per heavy atom. The lowest BCUT2D eigenvalue weighted by Crippen LogP contribution is -1.98. The number of ether oxygens (including phenoxy) is 1. The van der Waals surface area contributed by atoms with Crippen LogP contribution >= 0.6 is 0 Å². The van der Waals surface area contributed by atoms with E-state index in [1.165, 1.54) is 65.3 Å². The molecular formula is C51H29NO. The summed E-state index contributed by atoms with van der Waals surface area (Å²) in [5.74, 6) is 1.61. The van der Waals surface area contributed by atoms with Crippen LogP contribution in [0.15, 0.2) is 176 Å². The number of fused-ring (bicyclic) bond motifs is 8. The predicted molar refractivity (Wildman–Crippen MR) is 221 cm³/mol. The molecule has 0 radical (unpaired) electrons. The lowest BCUT2D eigenvalue weighted by Gasteiger charge is -2.22. The normalized spacial score (nSPS) is 11.9. The van der Waals surface area contributed by atoms with Crippen LogP contribution in [-0.4, -0.2) is 0 Å². The molecular weight excluding hydrogens is 643 g/mol. The number of nitrogens with zero attached hydrogens (tertiary/aromatic N) is 1. The molecule has 0 N–H and O–H groups in total. The zero-order valence-corrected chi connectivity index (χ0v) is 28.6. The van der Waals surface area contributed by atoms with Gasteiger partial charge in [0.1, 0.15) is 11.5 Å². The van der Waals surface area contributed by atoms with Crippen molar-refractivity contribution in [3.63, 3.8) is 0 Å². The topological polar surface area (TPSA) is 33.0 Å². The average molecular weight is 672 g/mol. The summed E-state index contributed by atoms with van der Waals surface area (Å²) < 4.78 is 6.48. The van der Waals surface area contributed by atoms with Crippen LogP contribution in [0.2, 0.25) is 0 Å². The fourth-order valence-corrected chi connectivity index (χ4v) is 8.62. The maximum Gasteiger partial charge on any atom is 0.136 e. The van der Waals surface area contributed by atoms with E-state index in [4.69, 9.17) is 4.74 Å². The standard InChI is InChI=1S/C51H29NO/c52-30-35-24-26-49-51-37(35)16-8-18-44(51)43-25-23-34(27-50(43)53-49)31-19-21-33(22-20-31)45-28-47-42-15-6-5-14-41(42)46(29-48(47)40-13-4-3-12-39(40)45)38-17-7-10-32-9-1-2-11-36(32)38/h1-29H. The Balaban J connectivity index is 1.04. The molecule has 0 saturated heterocycles. The van der Waals surface area contributed by atoms with Gasteiger partial charge in [0.05, 0.1) is 11.6 Å². The molecule has 0 atom stereocenters. The average Bonchev–Trinajstić information content (AvgIpc) is 3.23. The molecule has 0 aliphatic carbocycles. The Labute approximate surface area is 306 Å². The van der Waals surface area contributed by atoms with E-state index in [0.717, 1.165) is 44.5 Å². The highest BCUT2D eigenvalue weighted by molar-refractivity contribution is 6.24. The lowest BCUT2D eigenvalue weighted by atomic mass is 9.86. The summed E-state index contributed by atoms with van der Waals surface area (Å²) in [5, 5.41) is 21.6. The van der Waals surface area contributed by atoms with E-state index in [2.05, 4.69) is 158 Å². The SMILES string of the molecule is N#Cc1ccc2c3c(cccc13)-c1ccc(-c3ccc(-c4cc5c6ccccc6c(-c6cccc7ccccc67)cc5c5ccccc45)cc3)cc1O2. The first kappa shape index (κ1) is 29.5. The van der Waals surface area contributed by atoms with Gasteiger partial charge in [-0.2, -0.15) is 5.26 Å². The van der Waals surface area contributed by atoms with Crippen LogP contribution in [0.25, 0.3) is 98.4 Å². The number of rotatable bonds is 3. The number of hydrogen-bond donors (Lipinski definition) is 0. The summed E-state index contributed by atoms with van der Waals surface area (Å²) in [7, 11) is 0. The van der Waals surface area contributed by atoms with Crippen molar-refractivity contribution in [1.82, 2.24) is 0 Å². The zero-order valence-electron chi connectivity index (χ0n) is 28.6. The molecule has 2 nitrogen and oxygen atoms in total. The quantitative estimate of drug-likeness (QED) is 0.175. The van der Waals surface area contributed by atoms with Crippen molar-refractivity contribution in [2.24, 2.45) is 0 Å². The third-order valence-electron chi connectivity index (χ3n) is 11.1. The first-order chi connectivity index (χ1) is 26.2. The molecule has 1 aliphatic heterocycles. The minimum absolute atomic E-state index is 0.660. The monoisotopic (exact) mass is 671 g/mol. The van der Waals surface area contributed by atoms with E-state index in [1.54, 1.807) is 0 Å². The Hall–Kier alpha value is -7.21. The second kappa shape index (κ2) is 11.4. The van der Waals surface area contributed by atoms with Crippen molar-refractivity contribution in [3.05, 3.63) is 181 Å². The zero-order chi connectivity index (χ0) is 35.0. The number of nitriles is 1. The second-order valence-corrected chi connectivity index (χ2v) is 13.9. The number of hydrogen-bond acceptors (Lipinski definition) is 2. The summed E-state index contributed by atoms with van der Waals surface area (Å²) >= 11 is 0. The summed E-state index contributed by atoms with van der Waals surface area (Å²) in [4.78, 5) is 0. The van der Waals surface area contributed by atoms with Crippen LogP contribution in [0.3, 0.4) is 0 Å². The van der Waals surface area contributed by atoms with E-state index < -0.39 is 0 Å². The van der Waals surface area contributed by atoms with Crippen molar-refractivity contribution >= 4 is 53.9 Å². The van der Waals surface area contributed by atoms with E-state index in [-0.39, 0.29) is 0 Å². The third kappa shape index (κ3) is 4.45. The van der Waals surface area contributed by atoms with Gasteiger partial charge in [-0.05, 0) is 118 Å². The largest absolute Gasteiger partial charge is 0.456 e. The molecule has 0 saturated carbocycles. The molecule has 10 aromatic carbocycles. The van der Waals surface area contributed by atoms with Crippen LogP contribution in [-0.2, 0) is 0 Å². The summed E-state index contributed by atoms with van der Waals surface area (Å²) in [6.07, 6.45) is 0. The maximum absolute atomic E-state index is 9.69. The van der Waals surface area contributed by atoms with Gasteiger partial charge in [-0.3, -0.25) is 0 Å². The maximum atomic E-state index is 9.69. The Morgan fingerprint density at radius 1 is 0.340 bits per heavy atom. The van der Waals surface area contributed by atoms with E-state index in [1.807, 2.05) is 24.3 Å². The minimum Gasteiger partial charge on any atom is -0.456 e. The Kier molecular flexibility index (Phi) is 6.35. The van der Waals surface area contributed by atoms with E-state index in [0.29, 0.717) is 5.56 Å². The Morgan fingerprint density at radius 3 is 1.70 bits per heavy atom. The molecule has 10 aromatic rings. The van der Waals surface area contributed by atoms with Gasteiger partial charge < -0.3 is 4.74 Å². The Bertz CT molecular complexity index is 3200. The van der Waals surface area contributed by atoms with Gasteiger partial charge in [0.15, 0.2) is 0 Å². The molecule has 0 aromatic heterocycles. The van der Waals surface area contributed by atoms with Gasteiger partial charge in [0.2, 0.25) is 0 Å². The fraction of sp³-hybridized carbons (Fsp3) is 0. The van der Waals surface area contributed by atoms with Crippen molar-refractivity contribution in [1.29, 1.82) is 5.26 Å². The molecule has 0 fully saturated rings. The third-order valence-corrected chi connectivity index (χ3v) is 11.1. The lowest BCUT2D eigenvalue weighted by molar-refractivity contribution is 0.487. The smallest absolute Gasteiger partial charge is 0.136 e. The summed E-state index contributed by atoms with van der Waals surface area (Å²) in [6.45, 7) is 0. The molecule has 0 unspecified atom stereocenters. The molecule has 53 heavy (non-hydrogen) atoms. The summed E-state index contributed by atoms with van der Waals surface area (Å²) in [6, 6.07) is 65.3. The highest BCUT2D eigenvalue weighted by Crippen LogP contribution is 2.49. The molecule has 2 heteroatoms. The van der Waals surface area contributed by atoms with Crippen molar-refractivity contribution in [3.8, 4) is 62.1 Å². The second-order valence-electron chi connectivity index (χ2n) is 13.9. The fourth-order valence-electron chi connectivity index (χ4n) is 8.62. The van der Waals surface area contributed by atoms with Gasteiger partial charge >= 0.3 is 0 Å². The van der Waals surface area contributed by atoms with Crippen molar-refractivity contribution in [2.45, 2.75) is 0 Å². The van der Waals surface area contributed by atoms with Crippen LogP contribution in [0.5, 0.6) is 11.5 Å². The van der Waals surface area contributed by atoms with Crippen LogP contribution in [0, 0.1) is 11.3 Å². The predicted octanol–water partition coefficient (Wildman–Crippen LogP) is 14.1. The summed E-state index contributed by atoms with van der Waals surface area (Å²) in [5.41, 5.74) is 9.92. The molecule has 11 rings (SSSR count). The van der Waals surface area contributed by atoms with Crippen LogP contribution < -0.4 is 4.74 Å². The highest BCUT2D eigenvalue weighted by atomic mass is 16.5.